The minimum Gasteiger partial charge on any atom is -0.370 e. The summed E-state index contributed by atoms with van der Waals surface area (Å²) in [5, 5.41) is 7.41. The van der Waals surface area contributed by atoms with Crippen molar-refractivity contribution in [3.05, 3.63) is 10.9 Å². The Bertz CT molecular complexity index is 610. The number of hydrogen-bond acceptors (Lipinski definition) is 6. The van der Waals surface area contributed by atoms with Gasteiger partial charge in [0.2, 0.25) is 11.9 Å². The monoisotopic (exact) mass is 293 g/mol. The fourth-order valence-corrected chi connectivity index (χ4v) is 2.76. The molecule has 20 heavy (non-hydrogen) atoms. The zero-order valence-corrected chi connectivity index (χ0v) is 12.5. The summed E-state index contributed by atoms with van der Waals surface area (Å²) in [6.45, 7) is 5.50. The van der Waals surface area contributed by atoms with Gasteiger partial charge in [0.25, 0.3) is 0 Å². The smallest absolute Gasteiger partial charge is 0.226 e. The molecule has 2 aromatic rings. The van der Waals surface area contributed by atoms with Crippen LogP contribution in [0.3, 0.4) is 0 Å². The number of fused-ring (bicyclic) bond motifs is 1. The first-order chi connectivity index (χ1) is 9.60. The third kappa shape index (κ3) is 3.57. The number of nitrogens with one attached hydrogen (secondary N) is 2. The van der Waals surface area contributed by atoms with Crippen LogP contribution in [-0.2, 0) is 4.79 Å². The number of thiophene rings is 1. The molecule has 0 radical (unpaired) electrons. The quantitative estimate of drug-likeness (QED) is 0.680. The molecule has 0 saturated heterocycles. The maximum absolute atomic E-state index is 10.7. The van der Waals surface area contributed by atoms with Gasteiger partial charge < -0.3 is 16.4 Å². The first kappa shape index (κ1) is 14.5. The van der Waals surface area contributed by atoms with Crippen molar-refractivity contribution in [2.24, 2.45) is 5.73 Å². The summed E-state index contributed by atoms with van der Waals surface area (Å²) in [6, 6.07) is 2.08. The Kier molecular flexibility index (Phi) is 4.73. The Morgan fingerprint density at radius 2 is 2.20 bits per heavy atom. The number of rotatable bonds is 7. The Labute approximate surface area is 121 Å². The fourth-order valence-electron chi connectivity index (χ4n) is 1.88. The molecule has 0 spiro atoms. The lowest BCUT2D eigenvalue weighted by Crippen LogP contribution is -2.13. The molecule has 2 rings (SSSR count). The van der Waals surface area contributed by atoms with Crippen molar-refractivity contribution in [3.63, 3.8) is 0 Å². The van der Waals surface area contributed by atoms with Crippen LogP contribution < -0.4 is 16.4 Å². The van der Waals surface area contributed by atoms with Crippen molar-refractivity contribution in [2.75, 3.05) is 23.7 Å². The molecule has 0 aliphatic heterocycles. The van der Waals surface area contributed by atoms with Crippen LogP contribution in [0.5, 0.6) is 0 Å². The van der Waals surface area contributed by atoms with E-state index in [2.05, 4.69) is 33.6 Å². The van der Waals surface area contributed by atoms with E-state index in [0.29, 0.717) is 25.3 Å². The lowest BCUT2D eigenvalue weighted by atomic mass is 10.3. The van der Waals surface area contributed by atoms with Crippen LogP contribution in [0.1, 0.15) is 24.6 Å². The molecule has 108 valence electrons. The highest BCUT2D eigenvalue weighted by atomic mass is 32.1. The summed E-state index contributed by atoms with van der Waals surface area (Å²) in [5.41, 5.74) is 5.13. The second kappa shape index (κ2) is 6.51. The van der Waals surface area contributed by atoms with E-state index in [1.807, 2.05) is 6.92 Å². The van der Waals surface area contributed by atoms with Crippen molar-refractivity contribution in [2.45, 2.75) is 26.7 Å². The molecule has 0 aliphatic carbocycles. The molecule has 0 aromatic carbocycles. The summed E-state index contributed by atoms with van der Waals surface area (Å²) in [7, 11) is 0. The van der Waals surface area contributed by atoms with E-state index in [1.165, 1.54) is 4.88 Å². The second-order valence-corrected chi connectivity index (χ2v) is 5.73. The predicted molar refractivity (Wildman–Crippen MR) is 83.2 cm³/mol. The van der Waals surface area contributed by atoms with Crippen molar-refractivity contribution < 1.29 is 4.79 Å². The third-order valence-corrected chi connectivity index (χ3v) is 3.69. The number of anilines is 2. The second-order valence-electron chi connectivity index (χ2n) is 4.50. The van der Waals surface area contributed by atoms with Crippen LogP contribution in [0.25, 0.3) is 10.2 Å². The first-order valence-corrected chi connectivity index (χ1v) is 7.46. The van der Waals surface area contributed by atoms with Crippen LogP contribution in [0.15, 0.2) is 6.07 Å². The maximum atomic E-state index is 10.7. The van der Waals surface area contributed by atoms with Gasteiger partial charge in [0.1, 0.15) is 10.6 Å². The molecule has 0 atom stereocenters. The zero-order valence-electron chi connectivity index (χ0n) is 11.7. The zero-order chi connectivity index (χ0) is 14.5. The van der Waals surface area contributed by atoms with Crippen LogP contribution >= 0.6 is 11.3 Å². The van der Waals surface area contributed by atoms with E-state index in [4.69, 9.17) is 5.73 Å². The van der Waals surface area contributed by atoms with Crippen LogP contribution in [-0.4, -0.2) is 29.0 Å². The normalized spacial score (nSPS) is 10.7. The van der Waals surface area contributed by atoms with Crippen LogP contribution in [0, 0.1) is 6.92 Å². The average Bonchev–Trinajstić information content (AvgIpc) is 2.75. The molecule has 7 heteroatoms. The molecule has 6 nitrogen and oxygen atoms in total. The van der Waals surface area contributed by atoms with Crippen molar-refractivity contribution >= 4 is 39.2 Å². The van der Waals surface area contributed by atoms with Crippen molar-refractivity contribution in [1.82, 2.24) is 9.97 Å². The summed E-state index contributed by atoms with van der Waals surface area (Å²) >= 11 is 1.65. The first-order valence-electron chi connectivity index (χ1n) is 6.64. The number of hydrogen-bond donors (Lipinski definition) is 3. The summed E-state index contributed by atoms with van der Waals surface area (Å²) in [6.07, 6.45) is 1.07. The molecule has 0 bridgehead atoms. The number of aromatic nitrogens is 2. The molecule has 2 heterocycles. The number of nitrogens with zero attached hydrogens (tertiary/aromatic N) is 2. The van der Waals surface area contributed by atoms with E-state index in [1.54, 1.807) is 11.3 Å². The van der Waals surface area contributed by atoms with E-state index in [9.17, 15) is 4.79 Å². The van der Waals surface area contributed by atoms with Gasteiger partial charge in [-0.1, -0.05) is 0 Å². The van der Waals surface area contributed by atoms with Gasteiger partial charge in [0.05, 0.1) is 5.39 Å². The lowest BCUT2D eigenvalue weighted by Gasteiger charge is -2.08. The number of carbonyl (C=O) groups is 1. The van der Waals surface area contributed by atoms with Crippen molar-refractivity contribution in [1.29, 1.82) is 0 Å². The molecule has 0 fully saturated rings. The molecular formula is C13H19N5OS. The number of primary amides is 1. The van der Waals surface area contributed by atoms with Gasteiger partial charge in [-0.25, -0.2) is 4.98 Å². The highest BCUT2D eigenvalue weighted by Crippen LogP contribution is 2.29. The number of aryl methyl sites for hydroxylation is 1. The molecule has 1 amide bonds. The van der Waals surface area contributed by atoms with Crippen molar-refractivity contribution in [3.8, 4) is 0 Å². The van der Waals surface area contributed by atoms with Crippen LogP contribution in [0.2, 0.25) is 0 Å². The van der Waals surface area contributed by atoms with Gasteiger partial charge in [-0.3, -0.25) is 4.79 Å². The maximum Gasteiger partial charge on any atom is 0.226 e. The Morgan fingerprint density at radius 3 is 2.90 bits per heavy atom. The number of nitrogens with two attached hydrogens (primary N) is 1. The number of amides is 1. The topological polar surface area (TPSA) is 92.9 Å². The van der Waals surface area contributed by atoms with E-state index >= 15 is 0 Å². The average molecular weight is 293 g/mol. The summed E-state index contributed by atoms with van der Waals surface area (Å²) < 4.78 is 0. The minimum absolute atomic E-state index is 0.278. The number of carbonyl (C=O) groups excluding carboxylic acids is 1. The summed E-state index contributed by atoms with van der Waals surface area (Å²) in [5.74, 6) is 1.15. The molecule has 0 saturated carbocycles. The standard InChI is InChI=1S/C13H19N5OS/c1-3-15-13-17-11(16-6-4-5-10(14)19)9-7-8(2)20-12(9)18-13/h7H,3-6H2,1-2H3,(H2,14,19)(H2,15,16,17,18). The molecule has 4 N–H and O–H groups in total. The minimum atomic E-state index is -0.278. The van der Waals surface area contributed by atoms with E-state index < -0.39 is 0 Å². The van der Waals surface area contributed by atoms with Crippen LogP contribution in [0.4, 0.5) is 11.8 Å². The van der Waals surface area contributed by atoms with Gasteiger partial charge in [0, 0.05) is 24.4 Å². The third-order valence-electron chi connectivity index (χ3n) is 2.74. The fraction of sp³-hybridized carbons (Fsp3) is 0.462. The van der Waals surface area contributed by atoms with Gasteiger partial charge in [-0.05, 0) is 26.3 Å². The van der Waals surface area contributed by atoms with Gasteiger partial charge in [-0.2, -0.15) is 4.98 Å². The molecule has 2 aromatic heterocycles. The lowest BCUT2D eigenvalue weighted by molar-refractivity contribution is -0.118. The largest absolute Gasteiger partial charge is 0.370 e. The Morgan fingerprint density at radius 1 is 1.40 bits per heavy atom. The van der Waals surface area contributed by atoms with Gasteiger partial charge in [-0.15, -0.1) is 11.3 Å². The summed E-state index contributed by atoms with van der Waals surface area (Å²) in [4.78, 5) is 21.9. The predicted octanol–water partition coefficient (Wildman–Crippen LogP) is 2.11. The molecular weight excluding hydrogens is 274 g/mol. The Hall–Kier alpha value is -1.89. The SMILES string of the molecule is CCNc1nc(NCCCC(N)=O)c2cc(C)sc2n1. The highest BCUT2D eigenvalue weighted by molar-refractivity contribution is 7.18. The van der Waals surface area contributed by atoms with Gasteiger partial charge >= 0.3 is 0 Å². The van der Waals surface area contributed by atoms with Gasteiger partial charge in [0.15, 0.2) is 0 Å². The molecule has 0 aliphatic rings. The van der Waals surface area contributed by atoms with E-state index in [-0.39, 0.29) is 5.91 Å². The molecule has 0 unspecified atom stereocenters. The Balaban J connectivity index is 2.18. The highest BCUT2D eigenvalue weighted by Gasteiger charge is 2.10. The van der Waals surface area contributed by atoms with E-state index in [0.717, 1.165) is 22.6 Å².